The number of hydrogen-bond acceptors (Lipinski definition) is 17. The average Bonchev–Trinajstić information content (AvgIpc) is 3.54. The first kappa shape index (κ1) is 43.2. The molecule has 0 aromatic carbocycles. The maximum atomic E-state index is 11.5. The van der Waals surface area contributed by atoms with E-state index in [-0.39, 0.29) is 16.9 Å². The Kier molecular flexibility index (Phi) is 13.0. The Morgan fingerprint density at radius 1 is 0.679 bits per heavy atom. The van der Waals surface area contributed by atoms with E-state index in [1.165, 1.54) is 5.57 Å². The third-order valence-electron chi connectivity index (χ3n) is 15.1. The Morgan fingerprint density at radius 3 is 1.93 bits per heavy atom. The number of allylic oxidation sites excluding steroid dienone is 1. The van der Waals surface area contributed by atoms with Crippen LogP contribution < -0.4 is 0 Å². The highest BCUT2D eigenvalue weighted by Crippen LogP contribution is 2.66. The molecule has 3 heterocycles. The van der Waals surface area contributed by atoms with Gasteiger partial charge in [0.1, 0.15) is 73.2 Å². The number of hydrogen-bond donors (Lipinski definition) is 11. The van der Waals surface area contributed by atoms with E-state index in [2.05, 4.69) is 19.9 Å². The Bertz CT molecular complexity index is 1360. The quantitative estimate of drug-likeness (QED) is 0.104. The summed E-state index contributed by atoms with van der Waals surface area (Å²) < 4.78 is 35.4. The lowest BCUT2D eigenvalue weighted by atomic mass is 9.47. The Hall–Kier alpha value is -0.940. The fourth-order valence-electron chi connectivity index (χ4n) is 11.8. The summed E-state index contributed by atoms with van der Waals surface area (Å²) in [5, 5.41) is 115. The van der Waals surface area contributed by atoms with E-state index < -0.39 is 118 Å². The molecule has 3 aliphatic heterocycles. The van der Waals surface area contributed by atoms with Crippen LogP contribution in [0.25, 0.3) is 0 Å². The number of rotatable bonds is 10. The molecule has 23 unspecified atom stereocenters. The molecule has 0 spiro atoms. The van der Waals surface area contributed by atoms with Gasteiger partial charge in [-0.1, -0.05) is 25.5 Å². The molecule has 4 aliphatic carbocycles. The Balaban J connectivity index is 1.08. The van der Waals surface area contributed by atoms with E-state index in [9.17, 15) is 56.2 Å². The largest absolute Gasteiger partial charge is 0.394 e. The molecular weight excluding hydrogens is 740 g/mol. The molecule has 0 aromatic rings. The summed E-state index contributed by atoms with van der Waals surface area (Å²) in [6, 6.07) is 0. The van der Waals surface area contributed by atoms with Crippen molar-refractivity contribution in [1.82, 2.24) is 0 Å². The zero-order valence-electron chi connectivity index (χ0n) is 32.3. The van der Waals surface area contributed by atoms with E-state index in [4.69, 9.17) is 28.4 Å². The molecule has 0 amide bonds. The first-order chi connectivity index (χ1) is 26.5. The molecule has 17 heteroatoms. The molecule has 322 valence electrons. The van der Waals surface area contributed by atoms with Gasteiger partial charge in [-0.15, -0.1) is 0 Å². The fourth-order valence-corrected chi connectivity index (χ4v) is 11.8. The van der Waals surface area contributed by atoms with Crippen LogP contribution in [0.4, 0.5) is 0 Å². The highest BCUT2D eigenvalue weighted by molar-refractivity contribution is 5.25. The van der Waals surface area contributed by atoms with Crippen LogP contribution in [0.5, 0.6) is 0 Å². The summed E-state index contributed by atoms with van der Waals surface area (Å²) >= 11 is 0. The third-order valence-corrected chi connectivity index (χ3v) is 15.1. The lowest BCUT2D eigenvalue weighted by molar-refractivity contribution is -0.376. The topological polar surface area (TPSA) is 278 Å². The van der Waals surface area contributed by atoms with Gasteiger partial charge in [-0.2, -0.15) is 0 Å². The van der Waals surface area contributed by atoms with E-state index in [0.717, 1.165) is 38.5 Å². The summed E-state index contributed by atoms with van der Waals surface area (Å²) in [6.07, 6.45) is -14.9. The minimum Gasteiger partial charge on any atom is -0.394 e. The predicted octanol–water partition coefficient (Wildman–Crippen LogP) is -2.22. The van der Waals surface area contributed by atoms with Crippen molar-refractivity contribution in [3.63, 3.8) is 0 Å². The van der Waals surface area contributed by atoms with Crippen LogP contribution in [0.3, 0.4) is 0 Å². The maximum absolute atomic E-state index is 11.5. The van der Waals surface area contributed by atoms with Crippen LogP contribution in [-0.4, -0.2) is 180 Å². The van der Waals surface area contributed by atoms with E-state index >= 15 is 0 Å². The molecule has 0 bridgehead atoms. The molecule has 56 heavy (non-hydrogen) atoms. The molecule has 0 radical (unpaired) electrons. The van der Waals surface area contributed by atoms with Crippen molar-refractivity contribution in [2.24, 2.45) is 34.5 Å². The summed E-state index contributed by atoms with van der Waals surface area (Å²) in [5.41, 5.74) is 1.36. The minimum absolute atomic E-state index is 0.0514. The Morgan fingerprint density at radius 2 is 1.29 bits per heavy atom. The lowest BCUT2D eigenvalue weighted by Gasteiger charge is -2.58. The van der Waals surface area contributed by atoms with Gasteiger partial charge in [-0.25, -0.2) is 0 Å². The normalized spacial score (nSPS) is 54.1. The second kappa shape index (κ2) is 16.8. The van der Waals surface area contributed by atoms with Gasteiger partial charge in [-0.3, -0.25) is 0 Å². The Labute approximate surface area is 326 Å². The van der Waals surface area contributed by atoms with Crippen LogP contribution in [0.1, 0.15) is 72.1 Å². The number of fused-ring (bicyclic) bond motifs is 5. The van der Waals surface area contributed by atoms with Crippen molar-refractivity contribution in [3.05, 3.63) is 11.6 Å². The molecule has 3 saturated heterocycles. The van der Waals surface area contributed by atoms with E-state index in [1.54, 1.807) is 0 Å². The van der Waals surface area contributed by atoms with Crippen molar-refractivity contribution in [3.8, 4) is 0 Å². The van der Waals surface area contributed by atoms with Gasteiger partial charge in [0, 0.05) is 0 Å². The first-order valence-electron chi connectivity index (χ1n) is 20.5. The smallest absolute Gasteiger partial charge is 0.187 e. The summed E-state index contributed by atoms with van der Waals surface area (Å²) in [5.74, 6) is 1.88. The zero-order chi connectivity index (χ0) is 40.4. The first-order valence-corrected chi connectivity index (χ1v) is 20.5. The second-order valence-electron chi connectivity index (χ2n) is 18.1. The monoisotopic (exact) mass is 804 g/mol. The molecule has 3 saturated carbocycles. The van der Waals surface area contributed by atoms with Gasteiger partial charge >= 0.3 is 0 Å². The molecule has 7 aliphatic rings. The molecule has 17 nitrogen and oxygen atoms in total. The summed E-state index contributed by atoms with van der Waals surface area (Å²) in [7, 11) is 0. The van der Waals surface area contributed by atoms with Crippen molar-refractivity contribution in [1.29, 1.82) is 0 Å². The van der Waals surface area contributed by atoms with Crippen molar-refractivity contribution in [2.45, 2.75) is 176 Å². The van der Waals surface area contributed by atoms with Crippen LogP contribution in [0.15, 0.2) is 11.6 Å². The second-order valence-corrected chi connectivity index (χ2v) is 18.1. The van der Waals surface area contributed by atoms with Crippen molar-refractivity contribution >= 4 is 0 Å². The highest BCUT2D eigenvalue weighted by atomic mass is 16.8. The third kappa shape index (κ3) is 7.54. The van der Waals surface area contributed by atoms with E-state index in [1.807, 2.05) is 6.92 Å². The van der Waals surface area contributed by atoms with Crippen molar-refractivity contribution < 1.29 is 84.6 Å². The van der Waals surface area contributed by atoms with Gasteiger partial charge in [0.25, 0.3) is 0 Å². The van der Waals surface area contributed by atoms with Crippen LogP contribution in [0.2, 0.25) is 0 Å². The number of aliphatic hydroxyl groups is 11. The molecule has 23 atom stereocenters. The highest BCUT2D eigenvalue weighted by Gasteiger charge is 2.60. The molecule has 7 rings (SSSR count). The summed E-state index contributed by atoms with van der Waals surface area (Å²) in [6.45, 7) is 4.75. The van der Waals surface area contributed by atoms with Crippen LogP contribution >= 0.6 is 0 Å². The predicted molar refractivity (Wildman–Crippen MR) is 191 cm³/mol. The van der Waals surface area contributed by atoms with Gasteiger partial charge in [-0.05, 0) is 92.8 Å². The van der Waals surface area contributed by atoms with Crippen LogP contribution in [0, 0.1) is 34.5 Å². The SMILES string of the molecule is CC(O)C1CCC2C3CC=C4CC(OC5OC(COC6OC(CO)C(O)C(O)C6O)C(O)C(O)C5OC5OC(CO)C(O)C(O)C5O)CCC4(C)C3CCC12C. The average molecular weight is 805 g/mol. The number of ether oxygens (including phenoxy) is 6. The molecule has 6 fully saturated rings. The lowest BCUT2D eigenvalue weighted by Crippen LogP contribution is -2.65. The number of aliphatic hydroxyl groups excluding tert-OH is 11. The van der Waals surface area contributed by atoms with Crippen molar-refractivity contribution in [2.75, 3.05) is 19.8 Å². The fraction of sp³-hybridized carbons (Fsp3) is 0.949. The van der Waals surface area contributed by atoms with Gasteiger partial charge in [0.05, 0.1) is 32.0 Å². The molecule has 11 N–H and O–H groups in total. The zero-order valence-corrected chi connectivity index (χ0v) is 32.3. The molecular formula is C39H64O17. The summed E-state index contributed by atoms with van der Waals surface area (Å²) in [4.78, 5) is 0. The minimum atomic E-state index is -1.81. The maximum Gasteiger partial charge on any atom is 0.187 e. The van der Waals surface area contributed by atoms with E-state index in [0.29, 0.717) is 36.5 Å². The van der Waals surface area contributed by atoms with Gasteiger partial charge in [0.2, 0.25) is 0 Å². The van der Waals surface area contributed by atoms with Gasteiger partial charge < -0.3 is 84.6 Å². The molecule has 0 aromatic heterocycles. The standard InChI is InChI=1S/C39H64O17/c1-16(42)20-6-7-21-19-5-4-17-12-18(8-10-38(17,2)22(19)9-11-39(20,21)3)52-37-34(56-36-33(50)30(47)27(44)24(14-41)54-36)31(48)28(45)25(55-37)15-51-35-32(49)29(46)26(43)23(13-40)53-35/h4,16,18-37,40-50H,5-15H2,1-3H3. The van der Waals surface area contributed by atoms with Gasteiger partial charge in [0.15, 0.2) is 18.9 Å². The van der Waals surface area contributed by atoms with Crippen LogP contribution in [-0.2, 0) is 28.4 Å².